The van der Waals surface area contributed by atoms with E-state index in [1.807, 2.05) is 5.43 Å². The molecule has 0 bridgehead atoms. The Balaban J connectivity index is 2.15. The van der Waals surface area contributed by atoms with Crippen LogP contribution in [0.5, 0.6) is 0 Å². The highest BCUT2D eigenvalue weighted by Crippen LogP contribution is 2.04. The lowest BCUT2D eigenvalue weighted by Crippen LogP contribution is -2.30. The molecule has 0 saturated carbocycles. The number of carbonyl (C=O) groups excluding carboxylic acids is 2. The van der Waals surface area contributed by atoms with Crippen LogP contribution in [-0.2, 0) is 6.54 Å². The Morgan fingerprint density at radius 1 is 1.29 bits per heavy atom. The average Bonchev–Trinajstić information content (AvgIpc) is 2.94. The van der Waals surface area contributed by atoms with Crippen molar-refractivity contribution in [2.24, 2.45) is 5.84 Å². The number of nitrogen functional groups attached to an aromatic ring is 1. The normalized spacial score (nSPS) is 10.2. The molecule has 21 heavy (non-hydrogen) atoms. The van der Waals surface area contributed by atoms with E-state index in [0.717, 1.165) is 0 Å². The molecule has 2 rings (SSSR count). The fourth-order valence-corrected chi connectivity index (χ4v) is 1.73. The summed E-state index contributed by atoms with van der Waals surface area (Å²) in [5.41, 5.74) is 3.26. The van der Waals surface area contributed by atoms with Crippen LogP contribution in [0.1, 0.15) is 26.7 Å². The van der Waals surface area contributed by atoms with Gasteiger partial charge >= 0.3 is 0 Å². The zero-order valence-electron chi connectivity index (χ0n) is 11.8. The van der Waals surface area contributed by atoms with Crippen molar-refractivity contribution in [3.05, 3.63) is 47.5 Å². The Kier molecular flexibility index (Phi) is 4.29. The van der Waals surface area contributed by atoms with Crippen molar-refractivity contribution in [1.82, 2.24) is 25.1 Å². The molecule has 0 spiro atoms. The van der Waals surface area contributed by atoms with Crippen LogP contribution in [0, 0.1) is 0 Å². The summed E-state index contributed by atoms with van der Waals surface area (Å²) in [4.78, 5) is 28.8. The number of hydrogen-bond donors (Lipinski definition) is 2. The summed E-state index contributed by atoms with van der Waals surface area (Å²) in [6, 6.07) is 6.68. The smallest absolute Gasteiger partial charge is 0.283 e. The number of nitrogens with two attached hydrogens (primary N) is 1. The minimum atomic E-state index is -0.458. The Hall–Kier alpha value is -2.74. The van der Waals surface area contributed by atoms with Gasteiger partial charge in [-0.2, -0.15) is 5.10 Å². The Bertz CT molecular complexity index is 664. The number of pyridine rings is 1. The fraction of sp³-hybridized carbons (Fsp3) is 0.231. The van der Waals surface area contributed by atoms with Crippen molar-refractivity contribution in [1.29, 1.82) is 0 Å². The van der Waals surface area contributed by atoms with Crippen LogP contribution in [0.2, 0.25) is 0 Å². The van der Waals surface area contributed by atoms with E-state index in [1.165, 1.54) is 4.90 Å². The van der Waals surface area contributed by atoms with Crippen molar-refractivity contribution in [3.63, 3.8) is 0 Å². The second-order valence-corrected chi connectivity index (χ2v) is 4.59. The first-order chi connectivity index (χ1) is 10.0. The van der Waals surface area contributed by atoms with E-state index in [4.69, 9.17) is 5.84 Å². The molecule has 2 amide bonds. The largest absolute Gasteiger partial charge is 0.343 e. The van der Waals surface area contributed by atoms with Gasteiger partial charge in [-0.25, -0.2) is 10.8 Å². The molecule has 0 radical (unpaired) electrons. The van der Waals surface area contributed by atoms with E-state index in [2.05, 4.69) is 10.1 Å². The molecule has 0 aromatic carbocycles. The summed E-state index contributed by atoms with van der Waals surface area (Å²) >= 11 is 0. The molecule has 0 aliphatic carbocycles. The number of amides is 2. The van der Waals surface area contributed by atoms with Crippen LogP contribution < -0.4 is 11.3 Å². The van der Waals surface area contributed by atoms with E-state index < -0.39 is 5.91 Å². The topological polar surface area (TPSA) is 106 Å². The molecule has 8 nitrogen and oxygen atoms in total. The maximum atomic E-state index is 11.8. The number of nitrogens with one attached hydrogen (secondary N) is 1. The lowest BCUT2D eigenvalue weighted by atomic mass is 10.3. The molecular weight excluding hydrogens is 272 g/mol. The van der Waals surface area contributed by atoms with Gasteiger partial charge in [0.25, 0.3) is 11.8 Å². The number of nitrogens with zero attached hydrogens (tertiary/aromatic N) is 4. The zero-order valence-corrected chi connectivity index (χ0v) is 11.8. The third-order valence-electron chi connectivity index (χ3n) is 2.76. The second-order valence-electron chi connectivity index (χ2n) is 4.59. The van der Waals surface area contributed by atoms with Crippen molar-refractivity contribution in [2.75, 3.05) is 14.1 Å². The van der Waals surface area contributed by atoms with Gasteiger partial charge < -0.3 is 4.90 Å². The van der Waals surface area contributed by atoms with Gasteiger partial charge in [0.05, 0.1) is 12.2 Å². The van der Waals surface area contributed by atoms with E-state index in [-0.39, 0.29) is 11.6 Å². The summed E-state index contributed by atoms with van der Waals surface area (Å²) in [7, 11) is 3.33. The van der Waals surface area contributed by atoms with Gasteiger partial charge in [0.1, 0.15) is 11.4 Å². The number of carbonyl (C=O) groups is 2. The quantitative estimate of drug-likeness (QED) is 0.453. The highest BCUT2D eigenvalue weighted by molar-refractivity contribution is 5.92. The van der Waals surface area contributed by atoms with Crippen LogP contribution in [-0.4, -0.2) is 45.6 Å². The standard InChI is InChI=1S/C13H16N6O2/c1-18(2)13(21)11-6-7-19(17-11)8-9-4-3-5-10(15-9)12(20)16-14/h3-7H,8,14H2,1-2H3,(H,16,20). The molecule has 2 heterocycles. The molecule has 0 aliphatic rings. The van der Waals surface area contributed by atoms with E-state index in [0.29, 0.717) is 17.9 Å². The van der Waals surface area contributed by atoms with Gasteiger partial charge in [-0.3, -0.25) is 19.7 Å². The third kappa shape index (κ3) is 3.42. The lowest BCUT2D eigenvalue weighted by molar-refractivity contribution is 0.0820. The fourth-order valence-electron chi connectivity index (χ4n) is 1.73. The predicted molar refractivity (Wildman–Crippen MR) is 75.2 cm³/mol. The second kappa shape index (κ2) is 6.14. The first-order valence-electron chi connectivity index (χ1n) is 6.23. The van der Waals surface area contributed by atoms with E-state index in [9.17, 15) is 9.59 Å². The highest BCUT2D eigenvalue weighted by atomic mass is 16.2. The Labute approximate surface area is 121 Å². The van der Waals surface area contributed by atoms with Gasteiger partial charge in [-0.1, -0.05) is 6.07 Å². The lowest BCUT2D eigenvalue weighted by Gasteiger charge is -2.07. The zero-order chi connectivity index (χ0) is 15.4. The summed E-state index contributed by atoms with van der Waals surface area (Å²) < 4.78 is 1.59. The first-order valence-corrected chi connectivity index (χ1v) is 6.23. The molecule has 2 aromatic heterocycles. The van der Waals surface area contributed by atoms with E-state index in [1.54, 1.807) is 49.2 Å². The molecule has 3 N–H and O–H groups in total. The first kappa shape index (κ1) is 14.7. The minimum absolute atomic E-state index is 0.169. The van der Waals surface area contributed by atoms with Gasteiger partial charge in [-0.05, 0) is 18.2 Å². The molecule has 2 aromatic rings. The molecular formula is C13H16N6O2. The highest BCUT2D eigenvalue weighted by Gasteiger charge is 2.12. The summed E-state index contributed by atoms with van der Waals surface area (Å²) in [6.07, 6.45) is 1.69. The van der Waals surface area contributed by atoms with Crippen molar-refractivity contribution >= 4 is 11.8 Å². The maximum Gasteiger partial charge on any atom is 0.283 e. The summed E-state index contributed by atoms with van der Waals surface area (Å²) in [5.74, 6) is 4.45. The number of aromatic nitrogens is 3. The van der Waals surface area contributed by atoms with Crippen molar-refractivity contribution in [3.8, 4) is 0 Å². The van der Waals surface area contributed by atoms with Gasteiger partial charge in [0.15, 0.2) is 0 Å². The minimum Gasteiger partial charge on any atom is -0.343 e. The average molecular weight is 288 g/mol. The van der Waals surface area contributed by atoms with Crippen LogP contribution in [0.25, 0.3) is 0 Å². The maximum absolute atomic E-state index is 11.8. The molecule has 8 heteroatoms. The predicted octanol–water partition coefficient (Wildman–Crippen LogP) is -0.368. The number of hydrazine groups is 1. The van der Waals surface area contributed by atoms with Gasteiger partial charge in [0, 0.05) is 20.3 Å². The van der Waals surface area contributed by atoms with Crippen molar-refractivity contribution in [2.45, 2.75) is 6.54 Å². The monoisotopic (exact) mass is 288 g/mol. The van der Waals surface area contributed by atoms with Crippen LogP contribution >= 0.6 is 0 Å². The molecule has 0 saturated heterocycles. The van der Waals surface area contributed by atoms with Crippen LogP contribution in [0.4, 0.5) is 0 Å². The molecule has 0 unspecified atom stereocenters. The molecule has 0 aliphatic heterocycles. The Morgan fingerprint density at radius 3 is 2.71 bits per heavy atom. The van der Waals surface area contributed by atoms with Gasteiger partial charge in [-0.15, -0.1) is 0 Å². The molecule has 110 valence electrons. The van der Waals surface area contributed by atoms with Crippen LogP contribution in [0.3, 0.4) is 0 Å². The van der Waals surface area contributed by atoms with Crippen molar-refractivity contribution < 1.29 is 9.59 Å². The molecule has 0 atom stereocenters. The summed E-state index contributed by atoms with van der Waals surface area (Å²) in [6.45, 7) is 0.354. The number of rotatable bonds is 4. The molecule has 0 fully saturated rings. The van der Waals surface area contributed by atoms with E-state index >= 15 is 0 Å². The third-order valence-corrected chi connectivity index (χ3v) is 2.76. The van der Waals surface area contributed by atoms with Crippen LogP contribution in [0.15, 0.2) is 30.5 Å². The summed E-state index contributed by atoms with van der Waals surface area (Å²) in [5, 5.41) is 4.18. The SMILES string of the molecule is CN(C)C(=O)c1ccn(Cc2cccc(C(=O)NN)n2)n1. The Morgan fingerprint density at radius 2 is 2.05 bits per heavy atom. The van der Waals surface area contributed by atoms with Gasteiger partial charge in [0.2, 0.25) is 0 Å². The number of hydrogen-bond acceptors (Lipinski definition) is 5.